The van der Waals surface area contributed by atoms with Crippen LogP contribution < -0.4 is 5.32 Å². The van der Waals surface area contributed by atoms with Crippen LogP contribution >= 0.6 is 23.2 Å². The first-order valence-electron chi connectivity index (χ1n) is 5.09. The largest absolute Gasteiger partial charge is 0.351 e. The van der Waals surface area contributed by atoms with Crippen LogP contribution in [0.4, 0.5) is 0 Å². The van der Waals surface area contributed by atoms with E-state index in [1.807, 2.05) is 0 Å². The summed E-state index contributed by atoms with van der Waals surface area (Å²) in [7, 11) is 3.29. The average molecular weight is 291 g/mol. The molecule has 1 heterocycles. The highest BCUT2D eigenvalue weighted by atomic mass is 35.5. The molecule has 0 spiro atoms. The van der Waals surface area contributed by atoms with Crippen LogP contribution in [-0.2, 0) is 4.79 Å². The van der Waals surface area contributed by atoms with Crippen molar-refractivity contribution in [3.8, 4) is 0 Å². The maximum absolute atomic E-state index is 11.7. The van der Waals surface area contributed by atoms with Crippen LogP contribution in [0.15, 0.2) is 6.07 Å². The lowest BCUT2D eigenvalue weighted by molar-refractivity contribution is -0.128. The third-order valence-corrected chi connectivity index (χ3v) is 2.55. The van der Waals surface area contributed by atoms with Gasteiger partial charge >= 0.3 is 0 Å². The fourth-order valence-electron chi connectivity index (χ4n) is 1.11. The molecule has 1 aromatic rings. The van der Waals surface area contributed by atoms with Gasteiger partial charge in [-0.15, -0.1) is 10.2 Å². The lowest BCUT2D eigenvalue weighted by Crippen LogP contribution is -2.30. The summed E-state index contributed by atoms with van der Waals surface area (Å²) in [4.78, 5) is 24.5. The quantitative estimate of drug-likeness (QED) is 0.897. The van der Waals surface area contributed by atoms with E-state index in [2.05, 4.69) is 15.5 Å². The smallest absolute Gasteiger partial charge is 0.254 e. The van der Waals surface area contributed by atoms with Gasteiger partial charge in [0.15, 0.2) is 10.3 Å². The molecule has 6 nitrogen and oxygen atoms in total. The first kappa shape index (κ1) is 14.7. The summed E-state index contributed by atoms with van der Waals surface area (Å²) in [5.74, 6) is -0.518. The van der Waals surface area contributed by atoms with Crippen LogP contribution in [-0.4, -0.2) is 47.6 Å². The Morgan fingerprint density at radius 3 is 2.61 bits per heavy atom. The van der Waals surface area contributed by atoms with E-state index < -0.39 is 5.91 Å². The maximum Gasteiger partial charge on any atom is 0.254 e. The number of hydrogen-bond acceptors (Lipinski definition) is 4. The number of aromatic nitrogens is 2. The van der Waals surface area contributed by atoms with Crippen molar-refractivity contribution < 1.29 is 9.59 Å². The molecule has 0 aliphatic carbocycles. The van der Waals surface area contributed by atoms with Crippen molar-refractivity contribution in [1.82, 2.24) is 20.4 Å². The molecule has 1 rings (SSSR count). The highest BCUT2D eigenvalue weighted by molar-refractivity contribution is 6.34. The Kier molecular flexibility index (Phi) is 5.30. The molecule has 2 amide bonds. The number of carbonyl (C=O) groups excluding carboxylic acids is 2. The van der Waals surface area contributed by atoms with Crippen LogP contribution in [0.25, 0.3) is 0 Å². The minimum absolute atomic E-state index is 0.0316. The number of nitrogens with one attached hydrogen (secondary N) is 1. The van der Waals surface area contributed by atoms with Crippen LogP contribution in [0, 0.1) is 0 Å². The molecule has 0 aromatic carbocycles. The third-order valence-electron chi connectivity index (χ3n) is 2.09. The average Bonchev–Trinajstić information content (AvgIpc) is 2.31. The molecule has 0 atom stereocenters. The first-order valence-corrected chi connectivity index (χ1v) is 5.84. The lowest BCUT2D eigenvalue weighted by atomic mass is 10.3. The number of halogens is 2. The van der Waals surface area contributed by atoms with Gasteiger partial charge in [-0.3, -0.25) is 9.59 Å². The van der Waals surface area contributed by atoms with E-state index >= 15 is 0 Å². The Morgan fingerprint density at radius 1 is 1.33 bits per heavy atom. The molecule has 0 radical (unpaired) electrons. The molecule has 1 aromatic heterocycles. The Morgan fingerprint density at radius 2 is 2.00 bits per heavy atom. The van der Waals surface area contributed by atoms with Gasteiger partial charge in [-0.2, -0.15) is 0 Å². The predicted octanol–water partition coefficient (Wildman–Crippen LogP) is 0.991. The van der Waals surface area contributed by atoms with Crippen LogP contribution in [0.1, 0.15) is 16.8 Å². The Bertz CT molecular complexity index is 465. The van der Waals surface area contributed by atoms with Crippen LogP contribution in [0.2, 0.25) is 10.3 Å². The first-order chi connectivity index (χ1) is 8.41. The lowest BCUT2D eigenvalue weighted by Gasteiger charge is -2.10. The number of carbonyl (C=O) groups is 2. The fraction of sp³-hybridized carbons (Fsp3) is 0.400. The summed E-state index contributed by atoms with van der Waals surface area (Å²) in [6.07, 6.45) is 0.211. The molecule has 0 bridgehead atoms. The van der Waals surface area contributed by atoms with E-state index in [4.69, 9.17) is 23.2 Å². The Balaban J connectivity index is 2.56. The van der Waals surface area contributed by atoms with Gasteiger partial charge < -0.3 is 10.2 Å². The van der Waals surface area contributed by atoms with Crippen molar-refractivity contribution in [2.45, 2.75) is 6.42 Å². The summed E-state index contributed by atoms with van der Waals surface area (Å²) < 4.78 is 0. The second-order valence-corrected chi connectivity index (χ2v) is 4.41. The van der Waals surface area contributed by atoms with Crippen molar-refractivity contribution in [2.24, 2.45) is 0 Å². The zero-order valence-corrected chi connectivity index (χ0v) is 11.4. The van der Waals surface area contributed by atoms with E-state index in [9.17, 15) is 9.59 Å². The molecule has 0 aliphatic rings. The van der Waals surface area contributed by atoms with Crippen molar-refractivity contribution in [1.29, 1.82) is 0 Å². The fourth-order valence-corrected chi connectivity index (χ4v) is 1.44. The van der Waals surface area contributed by atoms with Gasteiger partial charge in [0.1, 0.15) is 0 Å². The highest BCUT2D eigenvalue weighted by Crippen LogP contribution is 2.14. The summed E-state index contributed by atoms with van der Waals surface area (Å²) in [5, 5.41) is 9.62. The summed E-state index contributed by atoms with van der Waals surface area (Å²) >= 11 is 11.3. The monoisotopic (exact) mass is 290 g/mol. The topological polar surface area (TPSA) is 75.2 Å². The summed E-state index contributed by atoms with van der Waals surface area (Å²) in [6.45, 7) is 0.214. The van der Waals surface area contributed by atoms with Crippen molar-refractivity contribution >= 4 is 35.0 Å². The normalized spacial score (nSPS) is 10.0. The predicted molar refractivity (Wildman–Crippen MR) is 67.7 cm³/mol. The second kappa shape index (κ2) is 6.51. The Labute approximate surface area is 114 Å². The molecule has 18 heavy (non-hydrogen) atoms. The van der Waals surface area contributed by atoms with E-state index in [1.165, 1.54) is 11.0 Å². The van der Waals surface area contributed by atoms with Crippen molar-refractivity contribution in [2.75, 3.05) is 20.6 Å². The summed E-state index contributed by atoms with van der Waals surface area (Å²) in [5.41, 5.74) is 0.133. The number of nitrogens with zero attached hydrogens (tertiary/aromatic N) is 3. The molecule has 0 fully saturated rings. The molecule has 1 N–H and O–H groups in total. The van der Waals surface area contributed by atoms with Gasteiger partial charge in [0, 0.05) is 27.1 Å². The number of rotatable bonds is 4. The van der Waals surface area contributed by atoms with Crippen molar-refractivity contribution in [3.05, 3.63) is 21.9 Å². The standard InChI is InChI=1S/C10H12Cl2N4O2/c1-16(2)8(17)3-4-13-10(18)6-5-7(11)14-15-9(6)12/h5H,3-4H2,1-2H3,(H,13,18). The van der Waals surface area contributed by atoms with E-state index in [-0.39, 0.29) is 34.7 Å². The van der Waals surface area contributed by atoms with E-state index in [1.54, 1.807) is 14.1 Å². The van der Waals surface area contributed by atoms with E-state index in [0.717, 1.165) is 0 Å². The zero-order valence-electron chi connectivity index (χ0n) is 9.91. The molecule has 0 saturated heterocycles. The molecule has 8 heteroatoms. The summed E-state index contributed by atoms with van der Waals surface area (Å²) in [6, 6.07) is 1.32. The van der Waals surface area contributed by atoms with Crippen LogP contribution in [0.5, 0.6) is 0 Å². The van der Waals surface area contributed by atoms with Crippen LogP contribution in [0.3, 0.4) is 0 Å². The zero-order chi connectivity index (χ0) is 13.7. The van der Waals surface area contributed by atoms with Gasteiger partial charge in [-0.25, -0.2) is 0 Å². The van der Waals surface area contributed by atoms with Crippen molar-refractivity contribution in [3.63, 3.8) is 0 Å². The van der Waals surface area contributed by atoms with Gasteiger partial charge in [0.05, 0.1) is 5.56 Å². The molecule has 98 valence electrons. The third kappa shape index (κ3) is 4.12. The minimum Gasteiger partial charge on any atom is -0.351 e. The number of amides is 2. The molecule has 0 aliphatic heterocycles. The second-order valence-electron chi connectivity index (χ2n) is 3.67. The number of hydrogen-bond donors (Lipinski definition) is 1. The SMILES string of the molecule is CN(C)C(=O)CCNC(=O)c1cc(Cl)nnc1Cl. The molecular weight excluding hydrogens is 279 g/mol. The van der Waals surface area contributed by atoms with Gasteiger partial charge in [0.25, 0.3) is 5.91 Å². The Hall–Kier alpha value is -1.40. The van der Waals surface area contributed by atoms with Gasteiger partial charge in [-0.05, 0) is 6.07 Å². The van der Waals surface area contributed by atoms with Gasteiger partial charge in [-0.1, -0.05) is 23.2 Å². The highest BCUT2D eigenvalue weighted by Gasteiger charge is 2.13. The maximum atomic E-state index is 11.7. The molecular formula is C10H12Cl2N4O2. The van der Waals surface area contributed by atoms with E-state index in [0.29, 0.717) is 0 Å². The molecule has 0 saturated carbocycles. The molecule has 0 unspecified atom stereocenters. The minimum atomic E-state index is -0.441. The van der Waals surface area contributed by atoms with Gasteiger partial charge in [0.2, 0.25) is 5.91 Å².